The van der Waals surface area contributed by atoms with E-state index in [-0.39, 0.29) is 18.1 Å². The standard InChI is InChI=1S/C13H13F3N4O2/c1-8-6-10(22-20-8)12(21)18-5-4-17-11-3-2-9(7-19-11)13(14,15)16/h2-3,6-7H,4-5H2,1H3,(H,17,19)(H,18,21). The Balaban J connectivity index is 1.76. The van der Waals surface area contributed by atoms with Crippen LogP contribution in [0.1, 0.15) is 21.8 Å². The Morgan fingerprint density at radius 2 is 2.09 bits per heavy atom. The molecular weight excluding hydrogens is 301 g/mol. The first-order chi connectivity index (χ1) is 10.4. The van der Waals surface area contributed by atoms with Crippen molar-refractivity contribution in [3.8, 4) is 0 Å². The van der Waals surface area contributed by atoms with Crippen LogP contribution in [0, 0.1) is 6.92 Å². The molecule has 0 radical (unpaired) electrons. The molecule has 0 aromatic carbocycles. The van der Waals surface area contributed by atoms with E-state index in [0.717, 1.165) is 12.3 Å². The molecule has 2 heterocycles. The van der Waals surface area contributed by atoms with Gasteiger partial charge in [-0.25, -0.2) is 4.98 Å². The molecule has 0 bridgehead atoms. The quantitative estimate of drug-likeness (QED) is 0.827. The van der Waals surface area contributed by atoms with Crippen LogP contribution in [0.2, 0.25) is 0 Å². The zero-order valence-corrected chi connectivity index (χ0v) is 11.6. The molecule has 22 heavy (non-hydrogen) atoms. The minimum absolute atomic E-state index is 0.102. The Bertz CT molecular complexity index is 637. The van der Waals surface area contributed by atoms with Gasteiger partial charge in [-0.2, -0.15) is 13.2 Å². The van der Waals surface area contributed by atoms with Crippen LogP contribution in [-0.4, -0.2) is 29.1 Å². The fraction of sp³-hybridized carbons (Fsp3) is 0.308. The molecular formula is C13H13F3N4O2. The second-order valence-corrected chi connectivity index (χ2v) is 4.45. The van der Waals surface area contributed by atoms with E-state index < -0.39 is 17.6 Å². The van der Waals surface area contributed by atoms with Crippen molar-refractivity contribution in [2.45, 2.75) is 13.1 Å². The second-order valence-electron chi connectivity index (χ2n) is 4.45. The summed E-state index contributed by atoms with van der Waals surface area (Å²) in [4.78, 5) is 15.3. The molecule has 0 unspecified atom stereocenters. The molecule has 0 aliphatic rings. The third-order valence-corrected chi connectivity index (χ3v) is 2.66. The van der Waals surface area contributed by atoms with Crippen molar-refractivity contribution in [2.24, 2.45) is 0 Å². The number of amides is 1. The highest BCUT2D eigenvalue weighted by Crippen LogP contribution is 2.28. The van der Waals surface area contributed by atoms with Gasteiger partial charge < -0.3 is 15.2 Å². The molecule has 1 amide bonds. The number of carbonyl (C=O) groups is 1. The number of nitrogens with one attached hydrogen (secondary N) is 2. The number of aromatic nitrogens is 2. The average molecular weight is 314 g/mol. The summed E-state index contributed by atoms with van der Waals surface area (Å²) in [5, 5.41) is 8.96. The van der Waals surface area contributed by atoms with Gasteiger partial charge in [-0.3, -0.25) is 4.79 Å². The molecule has 118 valence electrons. The second kappa shape index (κ2) is 6.46. The molecule has 0 saturated heterocycles. The topological polar surface area (TPSA) is 80.0 Å². The van der Waals surface area contributed by atoms with Crippen LogP contribution in [-0.2, 0) is 6.18 Å². The first kappa shape index (κ1) is 15.8. The summed E-state index contributed by atoms with van der Waals surface area (Å²) in [5.74, 6) is -0.0225. The van der Waals surface area contributed by atoms with Crippen LogP contribution >= 0.6 is 0 Å². The smallest absolute Gasteiger partial charge is 0.368 e. The van der Waals surface area contributed by atoms with Gasteiger partial charge in [0.15, 0.2) is 0 Å². The lowest BCUT2D eigenvalue weighted by molar-refractivity contribution is -0.137. The monoisotopic (exact) mass is 314 g/mol. The van der Waals surface area contributed by atoms with Crippen molar-refractivity contribution in [1.29, 1.82) is 0 Å². The van der Waals surface area contributed by atoms with Crippen LogP contribution in [0.5, 0.6) is 0 Å². The number of anilines is 1. The lowest BCUT2D eigenvalue weighted by Crippen LogP contribution is -2.28. The van der Waals surface area contributed by atoms with Crippen LogP contribution in [0.3, 0.4) is 0 Å². The van der Waals surface area contributed by atoms with E-state index in [4.69, 9.17) is 4.52 Å². The van der Waals surface area contributed by atoms with Gasteiger partial charge in [0.2, 0.25) is 5.76 Å². The molecule has 2 aromatic rings. The summed E-state index contributed by atoms with van der Waals surface area (Å²) in [5.41, 5.74) is -0.218. The largest absolute Gasteiger partial charge is 0.417 e. The maximum Gasteiger partial charge on any atom is 0.417 e. The number of hydrogen-bond acceptors (Lipinski definition) is 5. The van der Waals surface area contributed by atoms with Crippen LogP contribution in [0.25, 0.3) is 0 Å². The molecule has 2 rings (SSSR count). The van der Waals surface area contributed by atoms with Gasteiger partial charge in [-0.05, 0) is 19.1 Å². The molecule has 0 spiro atoms. The Hall–Kier alpha value is -2.58. The van der Waals surface area contributed by atoms with Crippen molar-refractivity contribution in [1.82, 2.24) is 15.5 Å². The zero-order valence-electron chi connectivity index (χ0n) is 11.6. The lowest BCUT2D eigenvalue weighted by Gasteiger charge is -2.08. The van der Waals surface area contributed by atoms with Crippen molar-refractivity contribution in [2.75, 3.05) is 18.4 Å². The van der Waals surface area contributed by atoms with Gasteiger partial charge in [-0.15, -0.1) is 0 Å². The zero-order chi connectivity index (χ0) is 16.2. The minimum atomic E-state index is -4.41. The molecule has 2 aromatic heterocycles. The fourth-order valence-electron chi connectivity index (χ4n) is 1.59. The number of aryl methyl sites for hydroxylation is 1. The van der Waals surface area contributed by atoms with Crippen molar-refractivity contribution in [3.63, 3.8) is 0 Å². The Labute approximate surface area is 123 Å². The lowest BCUT2D eigenvalue weighted by atomic mass is 10.3. The molecule has 0 aliphatic carbocycles. The van der Waals surface area contributed by atoms with E-state index in [1.165, 1.54) is 12.1 Å². The minimum Gasteiger partial charge on any atom is -0.368 e. The fourth-order valence-corrected chi connectivity index (χ4v) is 1.59. The van der Waals surface area contributed by atoms with E-state index in [0.29, 0.717) is 12.2 Å². The number of hydrogen-bond donors (Lipinski definition) is 2. The summed E-state index contributed by atoms with van der Waals surface area (Å²) in [6.45, 7) is 2.25. The summed E-state index contributed by atoms with van der Waals surface area (Å²) in [7, 11) is 0. The third kappa shape index (κ3) is 4.21. The predicted octanol–water partition coefficient (Wildman–Crippen LogP) is 2.24. The average Bonchev–Trinajstić information content (AvgIpc) is 2.89. The summed E-state index contributed by atoms with van der Waals surface area (Å²) in [6.07, 6.45) is -3.66. The first-order valence-corrected chi connectivity index (χ1v) is 6.35. The maximum atomic E-state index is 12.4. The van der Waals surface area contributed by atoms with Crippen LogP contribution in [0.15, 0.2) is 28.9 Å². The first-order valence-electron chi connectivity index (χ1n) is 6.35. The maximum absolute atomic E-state index is 12.4. The number of nitrogens with zero attached hydrogens (tertiary/aromatic N) is 2. The molecule has 9 heteroatoms. The molecule has 6 nitrogen and oxygen atoms in total. The number of rotatable bonds is 5. The number of pyridine rings is 1. The van der Waals surface area contributed by atoms with E-state index in [1.807, 2.05) is 0 Å². The van der Waals surface area contributed by atoms with Gasteiger partial charge >= 0.3 is 6.18 Å². The number of carbonyl (C=O) groups excluding carboxylic acids is 1. The van der Waals surface area contributed by atoms with E-state index in [1.54, 1.807) is 6.92 Å². The van der Waals surface area contributed by atoms with Gasteiger partial charge in [0.25, 0.3) is 5.91 Å². The Morgan fingerprint density at radius 1 is 1.32 bits per heavy atom. The summed E-state index contributed by atoms with van der Waals surface area (Å²) >= 11 is 0. The van der Waals surface area contributed by atoms with Gasteiger partial charge in [0.05, 0.1) is 11.3 Å². The van der Waals surface area contributed by atoms with Crippen LogP contribution in [0.4, 0.5) is 19.0 Å². The molecule has 2 N–H and O–H groups in total. The number of halogens is 3. The highest BCUT2D eigenvalue weighted by Gasteiger charge is 2.30. The van der Waals surface area contributed by atoms with Crippen LogP contribution < -0.4 is 10.6 Å². The molecule has 0 atom stereocenters. The highest BCUT2D eigenvalue weighted by molar-refractivity contribution is 5.91. The van der Waals surface area contributed by atoms with E-state index in [2.05, 4.69) is 20.8 Å². The molecule has 0 fully saturated rings. The Morgan fingerprint density at radius 3 is 2.64 bits per heavy atom. The van der Waals surface area contributed by atoms with Gasteiger partial charge in [0.1, 0.15) is 5.82 Å². The van der Waals surface area contributed by atoms with Crippen molar-refractivity contribution >= 4 is 11.7 Å². The normalized spacial score (nSPS) is 11.3. The van der Waals surface area contributed by atoms with Crippen molar-refractivity contribution < 1.29 is 22.5 Å². The molecule has 0 saturated carbocycles. The summed E-state index contributed by atoms with van der Waals surface area (Å²) in [6, 6.07) is 3.66. The van der Waals surface area contributed by atoms with Gasteiger partial charge in [0, 0.05) is 25.4 Å². The van der Waals surface area contributed by atoms with Gasteiger partial charge in [-0.1, -0.05) is 5.16 Å². The van der Waals surface area contributed by atoms with E-state index >= 15 is 0 Å². The van der Waals surface area contributed by atoms with E-state index in [9.17, 15) is 18.0 Å². The van der Waals surface area contributed by atoms with Crippen molar-refractivity contribution in [3.05, 3.63) is 41.4 Å². The molecule has 0 aliphatic heterocycles. The predicted molar refractivity (Wildman–Crippen MR) is 71.3 cm³/mol. The number of alkyl halides is 3. The third-order valence-electron chi connectivity index (χ3n) is 2.66. The Kier molecular flexibility index (Phi) is 4.64. The highest BCUT2D eigenvalue weighted by atomic mass is 19.4. The summed E-state index contributed by atoms with van der Waals surface area (Å²) < 4.78 is 41.9. The SMILES string of the molecule is Cc1cc(C(=O)NCCNc2ccc(C(F)(F)F)cn2)on1.